The van der Waals surface area contributed by atoms with Gasteiger partial charge in [0.15, 0.2) is 0 Å². The van der Waals surface area contributed by atoms with E-state index < -0.39 is 0 Å². The molecule has 0 aliphatic carbocycles. The van der Waals surface area contributed by atoms with Crippen molar-refractivity contribution in [1.29, 1.82) is 0 Å². The molecule has 0 saturated carbocycles. The number of para-hydroxylation sites is 3. The van der Waals surface area contributed by atoms with E-state index in [0.717, 1.165) is 17.8 Å². The molecular weight excluding hydrogens is 308 g/mol. The molecule has 0 amide bonds. The number of nitrogen functional groups attached to an aromatic ring is 1. The number of fused-ring (bicyclic) bond motifs is 6. The van der Waals surface area contributed by atoms with Crippen LogP contribution in [-0.4, -0.2) is 4.90 Å². The van der Waals surface area contributed by atoms with Crippen molar-refractivity contribution < 1.29 is 0 Å². The summed E-state index contributed by atoms with van der Waals surface area (Å²) in [6.45, 7) is 0.782. The molecule has 0 saturated heterocycles. The van der Waals surface area contributed by atoms with Crippen molar-refractivity contribution in [3.8, 4) is 0 Å². The molecule has 5 rings (SSSR count). The van der Waals surface area contributed by atoms with Crippen molar-refractivity contribution in [2.24, 2.45) is 0 Å². The van der Waals surface area contributed by atoms with Crippen LogP contribution in [0.3, 0.4) is 0 Å². The van der Waals surface area contributed by atoms with Gasteiger partial charge in [0, 0.05) is 34.7 Å². The van der Waals surface area contributed by atoms with E-state index in [1.807, 2.05) is 18.2 Å². The van der Waals surface area contributed by atoms with Crippen LogP contribution in [0.25, 0.3) is 0 Å². The van der Waals surface area contributed by atoms with Crippen LogP contribution in [0.1, 0.15) is 29.0 Å². The first-order valence-corrected chi connectivity index (χ1v) is 8.61. The highest BCUT2D eigenvalue weighted by Crippen LogP contribution is 2.47. The second-order valence-electron chi connectivity index (χ2n) is 6.64. The lowest BCUT2D eigenvalue weighted by atomic mass is 9.95. The fraction of sp³-hybridized carbons (Fsp3) is 0.143. The highest BCUT2D eigenvalue weighted by atomic mass is 15.4. The Kier molecular flexibility index (Phi) is 3.18. The number of nitrogens with two attached hydrogens (primary N) is 1. The Morgan fingerprint density at radius 3 is 1.84 bits per heavy atom. The Labute approximate surface area is 147 Å². The van der Waals surface area contributed by atoms with E-state index in [9.17, 15) is 0 Å². The maximum atomic E-state index is 6.21. The summed E-state index contributed by atoms with van der Waals surface area (Å²) in [5.74, 6) is 0. The zero-order valence-corrected chi connectivity index (χ0v) is 13.8. The van der Waals surface area contributed by atoms with Gasteiger partial charge in [-0.3, -0.25) is 4.90 Å². The van der Waals surface area contributed by atoms with Gasteiger partial charge in [0.05, 0.1) is 0 Å². The fourth-order valence-corrected chi connectivity index (χ4v) is 3.91. The largest absolute Gasteiger partial charge is 0.398 e. The molecule has 3 aromatic rings. The molecule has 0 radical (unpaired) electrons. The molecule has 2 aliphatic heterocycles. The van der Waals surface area contributed by atoms with Gasteiger partial charge in [-0.1, -0.05) is 54.6 Å². The zero-order valence-electron chi connectivity index (χ0n) is 13.8. The van der Waals surface area contributed by atoms with Gasteiger partial charge >= 0.3 is 0 Å². The summed E-state index contributed by atoms with van der Waals surface area (Å²) in [5.41, 5.74) is 13.1. The minimum atomic E-state index is 0.122. The number of benzene rings is 3. The number of rotatable bonds is 2. The van der Waals surface area contributed by atoms with Gasteiger partial charge in [0.25, 0.3) is 0 Å². The lowest BCUT2D eigenvalue weighted by Gasteiger charge is -2.49. The number of hydrogen-bond acceptors (Lipinski definition) is 4. The summed E-state index contributed by atoms with van der Waals surface area (Å²) in [5, 5.41) is 7.44. The van der Waals surface area contributed by atoms with E-state index in [1.54, 1.807) is 0 Å². The van der Waals surface area contributed by atoms with Crippen LogP contribution in [-0.2, 0) is 6.54 Å². The fourth-order valence-electron chi connectivity index (χ4n) is 3.91. The van der Waals surface area contributed by atoms with Crippen molar-refractivity contribution in [2.75, 3.05) is 16.4 Å². The Balaban J connectivity index is 1.62. The average Bonchev–Trinajstić information content (AvgIpc) is 2.64. The molecule has 4 nitrogen and oxygen atoms in total. The first-order valence-electron chi connectivity index (χ1n) is 8.61. The average molecular weight is 328 g/mol. The third-order valence-corrected chi connectivity index (χ3v) is 5.17. The van der Waals surface area contributed by atoms with Crippen LogP contribution in [0.2, 0.25) is 0 Å². The molecule has 2 atom stereocenters. The lowest BCUT2D eigenvalue weighted by molar-refractivity contribution is 0.138. The Hall–Kier alpha value is -2.98. The van der Waals surface area contributed by atoms with Crippen LogP contribution < -0.4 is 16.4 Å². The van der Waals surface area contributed by atoms with Gasteiger partial charge in [-0.05, 0) is 23.8 Å². The predicted molar refractivity (Wildman–Crippen MR) is 102 cm³/mol. The van der Waals surface area contributed by atoms with Crippen LogP contribution in [0, 0.1) is 0 Å². The van der Waals surface area contributed by atoms with E-state index in [1.165, 1.54) is 22.5 Å². The van der Waals surface area contributed by atoms with Gasteiger partial charge in [-0.2, -0.15) is 0 Å². The number of hydrogen-bond donors (Lipinski definition) is 3. The highest BCUT2D eigenvalue weighted by Gasteiger charge is 2.39. The summed E-state index contributed by atoms with van der Waals surface area (Å²) in [6.07, 6.45) is 0.244. The zero-order chi connectivity index (χ0) is 16.8. The van der Waals surface area contributed by atoms with E-state index >= 15 is 0 Å². The molecule has 2 bridgehead atoms. The summed E-state index contributed by atoms with van der Waals surface area (Å²) in [6, 6.07) is 25.1. The molecule has 0 fully saturated rings. The summed E-state index contributed by atoms with van der Waals surface area (Å²) < 4.78 is 0. The number of nitrogens with zero attached hydrogens (tertiary/aromatic N) is 1. The molecular formula is C21H20N4. The maximum Gasteiger partial charge on any atom is 0.110 e. The first kappa shape index (κ1) is 14.4. The SMILES string of the molecule is Nc1ccccc1CN1[C@@H]2Nc3ccccc3[C@H]1Nc1ccccc12. The minimum absolute atomic E-state index is 0.122. The van der Waals surface area contributed by atoms with Crippen molar-refractivity contribution in [2.45, 2.75) is 18.9 Å². The number of anilines is 3. The third kappa shape index (κ3) is 2.26. The van der Waals surface area contributed by atoms with Crippen LogP contribution in [0.5, 0.6) is 0 Å². The van der Waals surface area contributed by atoms with Crippen molar-refractivity contribution in [3.63, 3.8) is 0 Å². The van der Waals surface area contributed by atoms with Crippen molar-refractivity contribution in [3.05, 3.63) is 89.5 Å². The van der Waals surface area contributed by atoms with Crippen LogP contribution in [0.4, 0.5) is 17.1 Å². The quantitative estimate of drug-likeness (QED) is 0.613. The van der Waals surface area contributed by atoms with Gasteiger partial charge in [-0.15, -0.1) is 0 Å². The Bertz CT molecular complexity index is 883. The normalized spacial score (nSPS) is 20.8. The van der Waals surface area contributed by atoms with Gasteiger partial charge in [-0.25, -0.2) is 0 Å². The Morgan fingerprint density at radius 2 is 1.24 bits per heavy atom. The van der Waals surface area contributed by atoms with E-state index in [4.69, 9.17) is 5.73 Å². The lowest BCUT2D eigenvalue weighted by Crippen LogP contribution is -2.47. The summed E-state index contributed by atoms with van der Waals surface area (Å²) in [7, 11) is 0. The second-order valence-corrected chi connectivity index (χ2v) is 6.64. The molecule has 4 heteroatoms. The first-order chi connectivity index (χ1) is 12.3. The molecule has 0 aromatic heterocycles. The monoisotopic (exact) mass is 328 g/mol. The molecule has 0 unspecified atom stereocenters. The second kappa shape index (κ2) is 5.53. The van der Waals surface area contributed by atoms with Gasteiger partial charge < -0.3 is 16.4 Å². The summed E-state index contributed by atoms with van der Waals surface area (Å²) >= 11 is 0. The van der Waals surface area contributed by atoms with E-state index in [2.05, 4.69) is 70.1 Å². The molecule has 124 valence electrons. The topological polar surface area (TPSA) is 53.3 Å². The number of nitrogens with one attached hydrogen (secondary N) is 2. The third-order valence-electron chi connectivity index (χ3n) is 5.17. The molecule has 3 aromatic carbocycles. The molecule has 2 heterocycles. The minimum Gasteiger partial charge on any atom is -0.398 e. The predicted octanol–water partition coefficient (Wildman–Crippen LogP) is 4.32. The van der Waals surface area contributed by atoms with E-state index in [-0.39, 0.29) is 12.3 Å². The molecule has 4 N–H and O–H groups in total. The molecule has 25 heavy (non-hydrogen) atoms. The molecule has 0 spiro atoms. The van der Waals surface area contributed by atoms with Crippen molar-refractivity contribution in [1.82, 2.24) is 4.90 Å². The Morgan fingerprint density at radius 1 is 0.720 bits per heavy atom. The van der Waals surface area contributed by atoms with Gasteiger partial charge in [0.1, 0.15) is 12.3 Å². The highest BCUT2D eigenvalue weighted by molar-refractivity contribution is 5.66. The molecule has 2 aliphatic rings. The summed E-state index contributed by atoms with van der Waals surface area (Å²) in [4.78, 5) is 2.44. The smallest absolute Gasteiger partial charge is 0.110 e. The van der Waals surface area contributed by atoms with E-state index in [0.29, 0.717) is 0 Å². The standard InChI is InChI=1S/C21H20N4/c22-17-10-4-1-7-14(17)13-25-20-15-8-2-5-11-18(15)23-21(25)16-9-3-6-12-19(16)24-20/h1-12,20-21,23-24H,13,22H2/t20-,21-/m0/s1. The maximum absolute atomic E-state index is 6.21. The van der Waals surface area contributed by atoms with Crippen LogP contribution in [0.15, 0.2) is 72.8 Å². The van der Waals surface area contributed by atoms with Gasteiger partial charge in [0.2, 0.25) is 0 Å². The van der Waals surface area contributed by atoms with Crippen molar-refractivity contribution >= 4 is 17.1 Å². The van der Waals surface area contributed by atoms with Crippen LogP contribution >= 0.6 is 0 Å².